The number of carbonyl (C=O) groups excluding carboxylic acids is 2. The highest BCUT2D eigenvalue weighted by molar-refractivity contribution is 6.42. The number of ether oxygens (including phenoxy) is 3. The fourth-order valence-electron chi connectivity index (χ4n) is 5.65. The molecule has 4 aromatic carbocycles. The molecule has 2 heterocycles. The highest BCUT2D eigenvalue weighted by atomic mass is 16.6. The first-order chi connectivity index (χ1) is 21.3. The summed E-state index contributed by atoms with van der Waals surface area (Å²) in [5, 5.41) is 0. The summed E-state index contributed by atoms with van der Waals surface area (Å²) in [6.07, 6.45) is 1.34. The molecule has 6 rings (SSSR count). The number of imide groups is 1. The third kappa shape index (κ3) is 6.21. The Morgan fingerprint density at radius 2 is 1.48 bits per heavy atom. The van der Waals surface area contributed by atoms with E-state index >= 15 is 0 Å². The first-order valence-corrected chi connectivity index (χ1v) is 14.8. The molecule has 4 aromatic rings. The molecule has 44 heavy (non-hydrogen) atoms. The van der Waals surface area contributed by atoms with Gasteiger partial charge in [0, 0.05) is 12.0 Å². The van der Waals surface area contributed by atoms with E-state index in [1.54, 1.807) is 26.8 Å². The smallest absolute Gasteiger partial charge is 0.422 e. The number of nitrogens with zero attached hydrogens (tertiary/aromatic N) is 1. The van der Waals surface area contributed by atoms with Crippen LogP contribution in [0.4, 0.5) is 10.5 Å². The minimum atomic E-state index is -0.758. The van der Waals surface area contributed by atoms with Gasteiger partial charge >= 0.3 is 6.09 Å². The first-order valence-electron chi connectivity index (χ1n) is 14.8. The van der Waals surface area contributed by atoms with Crippen LogP contribution in [0.5, 0.6) is 0 Å². The Bertz CT molecular complexity index is 1730. The van der Waals surface area contributed by atoms with Crippen molar-refractivity contribution < 1.29 is 23.8 Å². The molecule has 0 spiro atoms. The maximum Gasteiger partial charge on any atom is 0.422 e. The molecule has 2 amide bonds. The maximum atomic E-state index is 14.2. The third-order valence-electron chi connectivity index (χ3n) is 7.53. The molecular formula is C38H35NO5. The number of para-hydroxylation sites is 1. The van der Waals surface area contributed by atoms with Crippen LogP contribution in [0, 0.1) is 0 Å². The molecule has 1 atom stereocenters. The molecule has 0 radical (unpaired) electrons. The van der Waals surface area contributed by atoms with Gasteiger partial charge in [-0.1, -0.05) is 103 Å². The average molecular weight is 586 g/mol. The van der Waals surface area contributed by atoms with Crippen molar-refractivity contribution in [1.29, 1.82) is 0 Å². The minimum absolute atomic E-state index is 0.311. The zero-order valence-electron chi connectivity index (χ0n) is 25.2. The lowest BCUT2D eigenvalue weighted by Crippen LogP contribution is -2.38. The van der Waals surface area contributed by atoms with Crippen LogP contribution in [0.15, 0.2) is 115 Å². The Labute approximate surface area is 258 Å². The van der Waals surface area contributed by atoms with E-state index in [9.17, 15) is 9.59 Å². The van der Waals surface area contributed by atoms with Crippen molar-refractivity contribution in [3.05, 3.63) is 143 Å². The van der Waals surface area contributed by atoms with Crippen molar-refractivity contribution in [2.24, 2.45) is 0 Å². The molecule has 222 valence electrons. The number of benzene rings is 4. The normalized spacial score (nSPS) is 16.9. The van der Waals surface area contributed by atoms with Crippen LogP contribution >= 0.6 is 0 Å². The van der Waals surface area contributed by atoms with Crippen molar-refractivity contribution in [3.63, 3.8) is 0 Å². The molecule has 0 aliphatic carbocycles. The van der Waals surface area contributed by atoms with Gasteiger partial charge in [0.2, 0.25) is 0 Å². The fourth-order valence-corrected chi connectivity index (χ4v) is 5.65. The van der Waals surface area contributed by atoms with E-state index in [1.807, 2.05) is 97.1 Å². The van der Waals surface area contributed by atoms with Crippen molar-refractivity contribution in [1.82, 2.24) is 0 Å². The van der Waals surface area contributed by atoms with Gasteiger partial charge in [0.1, 0.15) is 24.1 Å². The molecule has 2 aliphatic heterocycles. The monoisotopic (exact) mass is 585 g/mol. The molecule has 0 bridgehead atoms. The zero-order chi connectivity index (χ0) is 30.7. The van der Waals surface area contributed by atoms with E-state index in [2.05, 4.69) is 12.1 Å². The Morgan fingerprint density at radius 1 is 0.818 bits per heavy atom. The van der Waals surface area contributed by atoms with Crippen molar-refractivity contribution in [2.75, 3.05) is 11.5 Å². The molecule has 0 saturated carbocycles. The maximum absolute atomic E-state index is 14.2. The number of rotatable bonds is 7. The molecular weight excluding hydrogens is 550 g/mol. The second-order valence-electron chi connectivity index (χ2n) is 11.9. The van der Waals surface area contributed by atoms with Crippen molar-refractivity contribution >= 4 is 34.9 Å². The molecule has 2 aliphatic rings. The van der Waals surface area contributed by atoms with Gasteiger partial charge in [-0.25, -0.2) is 9.69 Å². The van der Waals surface area contributed by atoms with Crippen LogP contribution in [0.3, 0.4) is 0 Å². The summed E-state index contributed by atoms with van der Waals surface area (Å²) in [5.41, 5.74) is 5.74. The highest BCUT2D eigenvalue weighted by Crippen LogP contribution is 2.46. The third-order valence-corrected chi connectivity index (χ3v) is 7.53. The van der Waals surface area contributed by atoms with E-state index in [0.29, 0.717) is 36.5 Å². The Kier molecular flexibility index (Phi) is 8.18. The van der Waals surface area contributed by atoms with Gasteiger partial charge in [0.25, 0.3) is 5.91 Å². The number of anilines is 1. The van der Waals surface area contributed by atoms with Gasteiger partial charge in [0.15, 0.2) is 0 Å². The molecule has 0 N–H and O–H groups in total. The van der Waals surface area contributed by atoms with Crippen LogP contribution in [-0.2, 0) is 25.6 Å². The van der Waals surface area contributed by atoms with Gasteiger partial charge in [-0.3, -0.25) is 4.79 Å². The molecule has 6 nitrogen and oxygen atoms in total. The van der Waals surface area contributed by atoms with Crippen molar-refractivity contribution in [2.45, 2.75) is 45.5 Å². The van der Waals surface area contributed by atoms with E-state index in [4.69, 9.17) is 14.2 Å². The lowest BCUT2D eigenvalue weighted by Gasteiger charge is -2.29. The van der Waals surface area contributed by atoms with Crippen LogP contribution < -0.4 is 4.90 Å². The van der Waals surface area contributed by atoms with Gasteiger partial charge in [-0.05, 0) is 60.7 Å². The van der Waals surface area contributed by atoms with Crippen LogP contribution in [0.2, 0.25) is 0 Å². The van der Waals surface area contributed by atoms with Crippen molar-refractivity contribution in [3.8, 4) is 0 Å². The van der Waals surface area contributed by atoms with E-state index in [-0.39, 0.29) is 6.10 Å². The molecule has 0 saturated heterocycles. The topological polar surface area (TPSA) is 65.1 Å². The molecule has 0 unspecified atom stereocenters. The van der Waals surface area contributed by atoms with Crippen LogP contribution in [-0.4, -0.2) is 24.2 Å². The Hall–Kier alpha value is -4.94. The summed E-state index contributed by atoms with van der Waals surface area (Å²) in [6.45, 7) is 6.15. The van der Waals surface area contributed by atoms with Gasteiger partial charge in [-0.15, -0.1) is 0 Å². The Balaban J connectivity index is 1.38. The molecule has 6 heteroatoms. The van der Waals surface area contributed by atoms with E-state index < -0.39 is 17.6 Å². The summed E-state index contributed by atoms with van der Waals surface area (Å²) in [5.74, 6) is 0.306. The molecule has 0 fully saturated rings. The van der Waals surface area contributed by atoms with Crippen LogP contribution in [0.25, 0.3) is 17.2 Å². The van der Waals surface area contributed by atoms with Crippen LogP contribution in [0.1, 0.15) is 61.1 Å². The van der Waals surface area contributed by atoms with E-state index in [0.717, 1.165) is 38.5 Å². The lowest BCUT2D eigenvalue weighted by molar-refractivity contribution is -0.112. The number of amides is 2. The summed E-state index contributed by atoms with van der Waals surface area (Å²) in [4.78, 5) is 28.7. The summed E-state index contributed by atoms with van der Waals surface area (Å²) in [7, 11) is 0. The zero-order valence-corrected chi connectivity index (χ0v) is 25.2. The number of fused-ring (bicyclic) bond motifs is 2. The van der Waals surface area contributed by atoms with Gasteiger partial charge in [-0.2, -0.15) is 0 Å². The quantitative estimate of drug-likeness (QED) is 0.203. The predicted octanol–water partition coefficient (Wildman–Crippen LogP) is 8.60. The number of hydrogen-bond donors (Lipinski definition) is 0. The largest absolute Gasteiger partial charge is 0.487 e. The minimum Gasteiger partial charge on any atom is -0.487 e. The van der Waals surface area contributed by atoms with E-state index in [1.165, 1.54) is 0 Å². The SMILES string of the molecule is CC(C)(C)OC(=O)N1C(=O)/C(=C(\C[C@H]2OC(COCc3ccccc3)=Cc3ccccc32)c2ccccc2)c2ccccc21. The molecule has 0 aromatic heterocycles. The lowest BCUT2D eigenvalue weighted by atomic mass is 9.87. The standard InChI is InChI=1S/C38H35NO5/c1-38(2,3)44-37(41)39-33-21-13-12-20-31(33)35(36(39)40)32(27-16-8-5-9-17-27)23-34-30-19-11-10-18-28(30)22-29(43-34)25-42-24-26-14-6-4-7-15-26/h4-22,34H,23-25H2,1-3H3/b35-32+/t34-/m1/s1. The van der Waals surface area contributed by atoms with Gasteiger partial charge in [0.05, 0.1) is 17.9 Å². The second-order valence-corrected chi connectivity index (χ2v) is 11.9. The second kappa shape index (κ2) is 12.3. The first kappa shape index (κ1) is 29.1. The van der Waals surface area contributed by atoms with Gasteiger partial charge < -0.3 is 14.2 Å². The Morgan fingerprint density at radius 3 is 2.23 bits per heavy atom. The number of carbonyl (C=O) groups is 2. The average Bonchev–Trinajstić information content (AvgIpc) is 3.31. The highest BCUT2D eigenvalue weighted by Gasteiger charge is 2.41. The predicted molar refractivity (Wildman–Crippen MR) is 172 cm³/mol. The number of hydrogen-bond acceptors (Lipinski definition) is 5. The summed E-state index contributed by atoms with van der Waals surface area (Å²) >= 11 is 0. The summed E-state index contributed by atoms with van der Waals surface area (Å²) in [6, 6.07) is 35.3. The summed E-state index contributed by atoms with van der Waals surface area (Å²) < 4.78 is 18.3. The fraction of sp³-hybridized carbons (Fsp3) is 0.211.